The summed E-state index contributed by atoms with van der Waals surface area (Å²) in [4.78, 5) is 9.68. The molecule has 0 saturated heterocycles. The highest BCUT2D eigenvalue weighted by Crippen LogP contribution is 2.14. The van der Waals surface area contributed by atoms with E-state index in [9.17, 15) is 0 Å². The molecule has 0 aliphatic carbocycles. The van der Waals surface area contributed by atoms with Crippen LogP contribution in [0.5, 0.6) is 0 Å². The van der Waals surface area contributed by atoms with Crippen molar-refractivity contribution in [3.05, 3.63) is 30.1 Å². The van der Waals surface area contributed by atoms with Crippen LogP contribution >= 0.6 is 0 Å². The Morgan fingerprint density at radius 3 is 3.06 bits per heavy atom. The lowest BCUT2D eigenvalue weighted by molar-refractivity contribution is 0.240. The minimum Gasteiger partial charge on any atom is -0.345 e. The molecule has 1 heterocycles. The van der Waals surface area contributed by atoms with E-state index in [1.807, 2.05) is 0 Å². The molecule has 3 N–H and O–H groups in total. The van der Waals surface area contributed by atoms with Gasteiger partial charge in [0.25, 0.3) is 0 Å². The minimum absolute atomic E-state index is 0.512. The third-order valence-electron chi connectivity index (χ3n) is 3.25. The quantitative estimate of drug-likeness (QED) is 0.825. The zero-order valence-corrected chi connectivity index (χ0v) is 10.5. The van der Waals surface area contributed by atoms with E-state index >= 15 is 0 Å². The van der Waals surface area contributed by atoms with E-state index in [0.717, 1.165) is 30.5 Å². The van der Waals surface area contributed by atoms with Crippen molar-refractivity contribution < 1.29 is 0 Å². The number of imidazole rings is 1. The second-order valence-corrected chi connectivity index (χ2v) is 4.60. The summed E-state index contributed by atoms with van der Waals surface area (Å²) in [5.41, 5.74) is 9.00. The maximum Gasteiger partial charge on any atom is 0.0931 e. The van der Waals surface area contributed by atoms with E-state index in [1.165, 1.54) is 5.56 Å². The molecule has 1 aromatic carbocycles. The summed E-state index contributed by atoms with van der Waals surface area (Å²) in [6.07, 6.45) is 2.76. The number of H-pyrrole nitrogens is 1. The molecule has 17 heavy (non-hydrogen) atoms. The highest BCUT2D eigenvalue weighted by molar-refractivity contribution is 5.74. The third kappa shape index (κ3) is 2.84. The molecule has 2 aromatic rings. The van der Waals surface area contributed by atoms with Crippen LogP contribution in [0.4, 0.5) is 0 Å². The Hall–Kier alpha value is -1.39. The van der Waals surface area contributed by atoms with Crippen molar-refractivity contribution in [3.63, 3.8) is 0 Å². The number of nitrogens with two attached hydrogens (primary N) is 1. The molecule has 2 rings (SSSR count). The van der Waals surface area contributed by atoms with Crippen LogP contribution in [0.2, 0.25) is 0 Å². The average Bonchev–Trinajstić information content (AvgIpc) is 2.76. The van der Waals surface area contributed by atoms with E-state index < -0.39 is 0 Å². The number of benzene rings is 1. The van der Waals surface area contributed by atoms with Gasteiger partial charge in [-0.1, -0.05) is 6.07 Å². The lowest BCUT2D eigenvalue weighted by Gasteiger charge is -2.24. The fourth-order valence-electron chi connectivity index (χ4n) is 1.99. The van der Waals surface area contributed by atoms with Gasteiger partial charge in [-0.15, -0.1) is 0 Å². The second kappa shape index (κ2) is 5.29. The van der Waals surface area contributed by atoms with E-state index in [0.29, 0.717) is 6.04 Å². The highest BCUT2D eigenvalue weighted by Gasteiger charge is 2.09. The van der Waals surface area contributed by atoms with Gasteiger partial charge in [-0.2, -0.15) is 0 Å². The van der Waals surface area contributed by atoms with Gasteiger partial charge in [0.15, 0.2) is 0 Å². The Bertz CT molecular complexity index is 477. The van der Waals surface area contributed by atoms with E-state index in [4.69, 9.17) is 5.73 Å². The third-order valence-corrected chi connectivity index (χ3v) is 3.25. The maximum atomic E-state index is 5.58. The largest absolute Gasteiger partial charge is 0.345 e. The smallest absolute Gasteiger partial charge is 0.0931 e. The summed E-state index contributed by atoms with van der Waals surface area (Å²) < 4.78 is 0. The Kier molecular flexibility index (Phi) is 3.76. The molecular weight excluding hydrogens is 212 g/mol. The standard InChI is InChI=1S/C13H20N4/c1-10(5-6-14)17(2)8-11-3-4-12-13(7-11)16-9-15-12/h3-4,7,9-10H,5-6,8,14H2,1-2H3,(H,15,16). The average molecular weight is 232 g/mol. The van der Waals surface area contributed by atoms with Gasteiger partial charge >= 0.3 is 0 Å². The van der Waals surface area contributed by atoms with Crippen molar-refractivity contribution in [2.45, 2.75) is 25.9 Å². The number of nitrogens with one attached hydrogen (secondary N) is 1. The van der Waals surface area contributed by atoms with Crippen LogP contribution in [-0.2, 0) is 6.54 Å². The van der Waals surface area contributed by atoms with Crippen LogP contribution in [0.3, 0.4) is 0 Å². The van der Waals surface area contributed by atoms with Gasteiger partial charge in [-0.3, -0.25) is 4.90 Å². The molecule has 1 aromatic heterocycles. The summed E-state index contributed by atoms with van der Waals surface area (Å²) in [6.45, 7) is 3.89. The molecule has 1 unspecified atom stereocenters. The topological polar surface area (TPSA) is 57.9 Å². The monoisotopic (exact) mass is 232 g/mol. The van der Waals surface area contributed by atoms with Crippen molar-refractivity contribution in [2.75, 3.05) is 13.6 Å². The molecule has 92 valence electrons. The zero-order valence-electron chi connectivity index (χ0n) is 10.5. The first-order valence-corrected chi connectivity index (χ1v) is 6.03. The molecule has 0 spiro atoms. The Morgan fingerprint density at radius 2 is 2.29 bits per heavy atom. The van der Waals surface area contributed by atoms with Crippen molar-refractivity contribution >= 4 is 11.0 Å². The molecule has 4 nitrogen and oxygen atoms in total. The fraction of sp³-hybridized carbons (Fsp3) is 0.462. The van der Waals surface area contributed by atoms with Gasteiger partial charge < -0.3 is 10.7 Å². The van der Waals surface area contributed by atoms with Crippen LogP contribution in [0, 0.1) is 0 Å². The molecule has 4 heteroatoms. The van der Waals surface area contributed by atoms with E-state index in [2.05, 4.69) is 47.0 Å². The van der Waals surface area contributed by atoms with Gasteiger partial charge in [-0.25, -0.2) is 4.98 Å². The first kappa shape index (κ1) is 12.1. The number of nitrogens with zero attached hydrogens (tertiary/aromatic N) is 2. The maximum absolute atomic E-state index is 5.58. The number of aromatic amines is 1. The van der Waals surface area contributed by atoms with Crippen LogP contribution in [0.15, 0.2) is 24.5 Å². The Labute approximate surface area is 102 Å². The number of aromatic nitrogens is 2. The predicted molar refractivity (Wildman–Crippen MR) is 70.7 cm³/mol. The van der Waals surface area contributed by atoms with Gasteiger partial charge in [0, 0.05) is 12.6 Å². The SMILES string of the molecule is CC(CCN)N(C)Cc1ccc2nc[nH]c2c1. The fourth-order valence-corrected chi connectivity index (χ4v) is 1.99. The van der Waals surface area contributed by atoms with Crippen LogP contribution in [-0.4, -0.2) is 34.5 Å². The summed E-state index contributed by atoms with van der Waals surface area (Å²) >= 11 is 0. The molecule has 0 fully saturated rings. The number of fused-ring (bicyclic) bond motifs is 1. The Morgan fingerprint density at radius 1 is 1.47 bits per heavy atom. The summed E-state index contributed by atoms with van der Waals surface area (Å²) in [5.74, 6) is 0. The lowest BCUT2D eigenvalue weighted by atomic mass is 10.1. The van der Waals surface area contributed by atoms with Crippen molar-refractivity contribution in [1.29, 1.82) is 0 Å². The van der Waals surface area contributed by atoms with E-state index in [-0.39, 0.29) is 0 Å². The van der Waals surface area contributed by atoms with Crippen molar-refractivity contribution in [3.8, 4) is 0 Å². The van der Waals surface area contributed by atoms with Gasteiger partial charge in [0.1, 0.15) is 0 Å². The first-order valence-electron chi connectivity index (χ1n) is 6.03. The predicted octanol–water partition coefficient (Wildman–Crippen LogP) is 1.73. The zero-order chi connectivity index (χ0) is 12.3. The lowest BCUT2D eigenvalue weighted by Crippen LogP contribution is -2.30. The van der Waals surface area contributed by atoms with Gasteiger partial charge in [-0.05, 0) is 44.6 Å². The normalized spacial score (nSPS) is 13.4. The number of hydrogen-bond donors (Lipinski definition) is 2. The number of rotatable bonds is 5. The van der Waals surface area contributed by atoms with E-state index in [1.54, 1.807) is 6.33 Å². The summed E-state index contributed by atoms with van der Waals surface area (Å²) in [7, 11) is 2.14. The molecule has 1 atom stereocenters. The van der Waals surface area contributed by atoms with Gasteiger partial charge in [0.05, 0.1) is 17.4 Å². The molecular formula is C13H20N4. The minimum atomic E-state index is 0.512. The highest BCUT2D eigenvalue weighted by atomic mass is 15.1. The second-order valence-electron chi connectivity index (χ2n) is 4.60. The summed E-state index contributed by atoms with van der Waals surface area (Å²) in [6, 6.07) is 6.86. The van der Waals surface area contributed by atoms with Crippen LogP contribution in [0.25, 0.3) is 11.0 Å². The van der Waals surface area contributed by atoms with Crippen molar-refractivity contribution in [2.24, 2.45) is 5.73 Å². The molecule has 0 aliphatic rings. The molecule has 0 amide bonds. The summed E-state index contributed by atoms with van der Waals surface area (Å²) in [5, 5.41) is 0. The van der Waals surface area contributed by atoms with Crippen molar-refractivity contribution in [1.82, 2.24) is 14.9 Å². The Balaban J connectivity index is 2.07. The van der Waals surface area contributed by atoms with Gasteiger partial charge in [0.2, 0.25) is 0 Å². The van der Waals surface area contributed by atoms with Crippen LogP contribution < -0.4 is 5.73 Å². The first-order chi connectivity index (χ1) is 8.20. The molecule has 0 saturated carbocycles. The molecule has 0 bridgehead atoms. The van der Waals surface area contributed by atoms with Crippen LogP contribution in [0.1, 0.15) is 18.9 Å². The molecule has 0 radical (unpaired) electrons. The number of hydrogen-bond acceptors (Lipinski definition) is 3. The molecule has 0 aliphatic heterocycles.